The van der Waals surface area contributed by atoms with Crippen LogP contribution in [0.2, 0.25) is 0 Å². The summed E-state index contributed by atoms with van der Waals surface area (Å²) in [5, 5.41) is 2.85. The monoisotopic (exact) mass is 389 g/mol. The molecule has 5 nitrogen and oxygen atoms in total. The van der Waals surface area contributed by atoms with Gasteiger partial charge in [0, 0.05) is 26.2 Å². The molecule has 0 spiro atoms. The number of nitrogens with one attached hydrogen (secondary N) is 1. The molecule has 1 heterocycles. The first-order valence-electron chi connectivity index (χ1n) is 9.46. The van der Waals surface area contributed by atoms with Crippen LogP contribution in [0, 0.1) is 11.6 Å². The Labute approximate surface area is 163 Å². The zero-order valence-corrected chi connectivity index (χ0v) is 16.1. The lowest BCUT2D eigenvalue weighted by Gasteiger charge is -2.37. The van der Waals surface area contributed by atoms with Crippen molar-refractivity contribution in [2.75, 3.05) is 37.7 Å². The van der Waals surface area contributed by atoms with Gasteiger partial charge >= 0.3 is 6.03 Å². The van der Waals surface area contributed by atoms with Crippen molar-refractivity contribution < 1.29 is 18.3 Å². The molecular formula is C21H25F2N3O2. The van der Waals surface area contributed by atoms with E-state index >= 15 is 0 Å². The van der Waals surface area contributed by atoms with Crippen molar-refractivity contribution in [2.45, 2.75) is 19.9 Å². The molecule has 2 amide bonds. The van der Waals surface area contributed by atoms with E-state index in [2.05, 4.69) is 10.2 Å². The summed E-state index contributed by atoms with van der Waals surface area (Å²) in [4.78, 5) is 16.5. The van der Waals surface area contributed by atoms with E-state index in [-0.39, 0.29) is 6.03 Å². The van der Waals surface area contributed by atoms with Crippen molar-refractivity contribution in [2.24, 2.45) is 0 Å². The molecule has 0 aromatic heterocycles. The summed E-state index contributed by atoms with van der Waals surface area (Å²) in [7, 11) is 0. The molecule has 0 unspecified atom stereocenters. The average Bonchev–Trinajstić information content (AvgIpc) is 2.71. The van der Waals surface area contributed by atoms with E-state index in [0.29, 0.717) is 38.3 Å². The zero-order chi connectivity index (χ0) is 20.1. The molecule has 2 aromatic rings. The minimum atomic E-state index is -0.917. The molecule has 1 N–H and O–H groups in total. The predicted molar refractivity (Wildman–Crippen MR) is 105 cm³/mol. The van der Waals surface area contributed by atoms with Gasteiger partial charge in [-0.2, -0.15) is 0 Å². The molecule has 1 aliphatic heterocycles. The van der Waals surface area contributed by atoms with E-state index in [0.717, 1.165) is 23.6 Å². The summed E-state index contributed by atoms with van der Waals surface area (Å²) < 4.78 is 32.2. The summed E-state index contributed by atoms with van der Waals surface area (Å²) in [6, 6.07) is 10.9. The minimum Gasteiger partial charge on any atom is -0.492 e. The molecule has 0 saturated carbocycles. The fourth-order valence-electron chi connectivity index (χ4n) is 3.29. The van der Waals surface area contributed by atoms with Crippen LogP contribution < -0.4 is 15.0 Å². The molecule has 2 aromatic carbocycles. The number of rotatable bonds is 5. The number of anilines is 1. The number of urea groups is 1. The molecule has 28 heavy (non-hydrogen) atoms. The van der Waals surface area contributed by atoms with Crippen LogP contribution in [-0.2, 0) is 0 Å². The van der Waals surface area contributed by atoms with Crippen LogP contribution in [0.1, 0.15) is 25.5 Å². The van der Waals surface area contributed by atoms with Crippen molar-refractivity contribution in [3.63, 3.8) is 0 Å². The van der Waals surface area contributed by atoms with E-state index < -0.39 is 17.7 Å². The maximum absolute atomic E-state index is 13.4. The predicted octanol–water partition coefficient (Wildman–Crippen LogP) is 3.96. The third-order valence-electron chi connectivity index (χ3n) is 4.86. The number of ether oxygens (including phenoxy) is 1. The second-order valence-electron chi connectivity index (χ2n) is 6.72. The lowest BCUT2D eigenvalue weighted by atomic mass is 10.1. The molecule has 0 aliphatic carbocycles. The fraction of sp³-hybridized carbons (Fsp3) is 0.381. The molecule has 0 bridgehead atoms. The Kier molecular flexibility index (Phi) is 6.34. The zero-order valence-electron chi connectivity index (χ0n) is 16.1. The fourth-order valence-corrected chi connectivity index (χ4v) is 3.29. The molecule has 1 atom stereocenters. The number of nitrogens with zero attached hydrogens (tertiary/aromatic N) is 2. The highest BCUT2D eigenvalue weighted by Gasteiger charge is 2.24. The van der Waals surface area contributed by atoms with E-state index in [4.69, 9.17) is 4.74 Å². The lowest BCUT2D eigenvalue weighted by Crippen LogP contribution is -2.52. The Hall–Kier alpha value is -2.83. The quantitative estimate of drug-likeness (QED) is 0.842. The number of hydrogen-bond donors (Lipinski definition) is 1. The van der Waals surface area contributed by atoms with Gasteiger partial charge in [0.15, 0.2) is 11.6 Å². The molecule has 0 radical (unpaired) electrons. The van der Waals surface area contributed by atoms with Gasteiger partial charge in [0.05, 0.1) is 18.3 Å². The lowest BCUT2D eigenvalue weighted by molar-refractivity contribution is 0.191. The third-order valence-corrected chi connectivity index (χ3v) is 4.86. The highest BCUT2D eigenvalue weighted by atomic mass is 19.2. The summed E-state index contributed by atoms with van der Waals surface area (Å²) in [5.41, 5.74) is 1.55. The van der Waals surface area contributed by atoms with Gasteiger partial charge in [-0.25, -0.2) is 13.6 Å². The van der Waals surface area contributed by atoms with Crippen LogP contribution in [-0.4, -0.2) is 43.7 Å². The molecule has 1 aliphatic rings. The second-order valence-corrected chi connectivity index (χ2v) is 6.72. The van der Waals surface area contributed by atoms with Gasteiger partial charge in [-0.3, -0.25) is 0 Å². The molecular weight excluding hydrogens is 364 g/mol. The smallest absolute Gasteiger partial charge is 0.317 e. The summed E-state index contributed by atoms with van der Waals surface area (Å²) >= 11 is 0. The van der Waals surface area contributed by atoms with Crippen LogP contribution in [0.15, 0.2) is 42.5 Å². The number of piperazine rings is 1. The van der Waals surface area contributed by atoms with Gasteiger partial charge in [-0.1, -0.05) is 18.2 Å². The number of para-hydroxylation sites is 2. The first-order valence-corrected chi connectivity index (χ1v) is 9.46. The highest BCUT2D eigenvalue weighted by Crippen LogP contribution is 2.28. The highest BCUT2D eigenvalue weighted by molar-refractivity contribution is 5.75. The van der Waals surface area contributed by atoms with E-state index in [1.165, 1.54) is 6.07 Å². The van der Waals surface area contributed by atoms with Crippen molar-refractivity contribution in [3.8, 4) is 5.75 Å². The standard InChI is InChI=1S/C21H25F2N3O2/c1-3-28-20-7-5-4-6-19(20)25-10-12-26(13-11-25)21(27)24-15(2)16-8-9-17(22)18(23)14-16/h4-9,14-15H,3,10-13H2,1-2H3,(H,24,27)/t15-/m1/s1. The van der Waals surface area contributed by atoms with Crippen LogP contribution >= 0.6 is 0 Å². The van der Waals surface area contributed by atoms with Gasteiger partial charge in [0.1, 0.15) is 5.75 Å². The summed E-state index contributed by atoms with van der Waals surface area (Å²) in [6.07, 6.45) is 0. The van der Waals surface area contributed by atoms with E-state index in [1.807, 2.05) is 31.2 Å². The minimum absolute atomic E-state index is 0.213. The molecule has 7 heteroatoms. The first kappa shape index (κ1) is 19.9. The largest absolute Gasteiger partial charge is 0.492 e. The van der Waals surface area contributed by atoms with Crippen molar-refractivity contribution >= 4 is 11.7 Å². The van der Waals surface area contributed by atoms with Crippen molar-refractivity contribution in [1.29, 1.82) is 0 Å². The maximum atomic E-state index is 13.4. The van der Waals surface area contributed by atoms with Crippen LogP contribution in [0.25, 0.3) is 0 Å². The number of halogens is 2. The number of carbonyl (C=O) groups is 1. The van der Waals surface area contributed by atoms with Gasteiger partial charge in [-0.05, 0) is 43.7 Å². The Balaban J connectivity index is 1.57. The summed E-state index contributed by atoms with van der Waals surface area (Å²) in [5.74, 6) is -0.972. The van der Waals surface area contributed by atoms with Crippen molar-refractivity contribution in [1.82, 2.24) is 10.2 Å². The molecule has 3 rings (SSSR count). The number of carbonyl (C=O) groups excluding carboxylic acids is 1. The Morgan fingerprint density at radius 2 is 1.82 bits per heavy atom. The Morgan fingerprint density at radius 1 is 1.11 bits per heavy atom. The summed E-state index contributed by atoms with van der Waals surface area (Å²) in [6.45, 7) is 6.81. The second kappa shape index (κ2) is 8.91. The van der Waals surface area contributed by atoms with Crippen molar-refractivity contribution in [3.05, 3.63) is 59.7 Å². The average molecular weight is 389 g/mol. The first-order chi connectivity index (χ1) is 13.5. The van der Waals surface area contributed by atoms with Gasteiger partial charge < -0.3 is 19.9 Å². The van der Waals surface area contributed by atoms with E-state index in [1.54, 1.807) is 11.8 Å². The topological polar surface area (TPSA) is 44.8 Å². The number of hydrogen-bond acceptors (Lipinski definition) is 3. The number of amides is 2. The number of benzene rings is 2. The molecule has 1 fully saturated rings. The van der Waals surface area contributed by atoms with Gasteiger partial charge in [0.2, 0.25) is 0 Å². The van der Waals surface area contributed by atoms with Crippen LogP contribution in [0.3, 0.4) is 0 Å². The molecule has 1 saturated heterocycles. The van der Waals surface area contributed by atoms with Gasteiger partial charge in [0.25, 0.3) is 0 Å². The maximum Gasteiger partial charge on any atom is 0.317 e. The van der Waals surface area contributed by atoms with Crippen LogP contribution in [0.5, 0.6) is 5.75 Å². The van der Waals surface area contributed by atoms with Crippen LogP contribution in [0.4, 0.5) is 19.3 Å². The Bertz CT molecular complexity index is 823. The Morgan fingerprint density at radius 3 is 2.50 bits per heavy atom. The molecule has 150 valence electrons. The SMILES string of the molecule is CCOc1ccccc1N1CCN(C(=O)N[C@H](C)c2ccc(F)c(F)c2)CC1. The van der Waals surface area contributed by atoms with Gasteiger partial charge in [-0.15, -0.1) is 0 Å². The third kappa shape index (κ3) is 4.52. The van der Waals surface area contributed by atoms with E-state index in [9.17, 15) is 13.6 Å². The normalized spacial score (nSPS) is 15.3.